The van der Waals surface area contributed by atoms with Crippen molar-refractivity contribution in [1.82, 2.24) is 5.32 Å². The first-order valence-electron chi connectivity index (χ1n) is 9.53. The molecule has 0 bridgehead atoms. The molecule has 0 radical (unpaired) electrons. The van der Waals surface area contributed by atoms with E-state index >= 15 is 0 Å². The van der Waals surface area contributed by atoms with Crippen LogP contribution < -0.4 is 10.6 Å². The van der Waals surface area contributed by atoms with E-state index in [9.17, 15) is 10.1 Å². The van der Waals surface area contributed by atoms with Crippen molar-refractivity contribution in [1.29, 1.82) is 5.26 Å². The highest BCUT2D eigenvalue weighted by Crippen LogP contribution is 2.43. The van der Waals surface area contributed by atoms with Gasteiger partial charge in [0.05, 0.1) is 16.1 Å². The molecule has 0 fully saturated rings. The monoisotopic (exact) mass is 445 g/mol. The molecular formula is C22H24ClN3OS2. The quantitative estimate of drug-likeness (QED) is 0.568. The number of carbonyl (C=O) groups is 1. The van der Waals surface area contributed by atoms with Crippen molar-refractivity contribution in [3.8, 4) is 6.07 Å². The third kappa shape index (κ3) is 4.80. The lowest BCUT2D eigenvalue weighted by Crippen LogP contribution is -2.34. The van der Waals surface area contributed by atoms with Gasteiger partial charge in [-0.3, -0.25) is 10.1 Å². The molecule has 1 amide bonds. The fraction of sp³-hybridized carbons (Fsp3) is 0.409. The second kappa shape index (κ2) is 8.43. The second-order valence-corrected chi connectivity index (χ2v) is 10.4. The van der Waals surface area contributed by atoms with Crippen molar-refractivity contribution in [2.45, 2.75) is 47.0 Å². The number of thiocarbonyl (C=S) groups is 1. The summed E-state index contributed by atoms with van der Waals surface area (Å²) in [6, 6.07) is 7.55. The summed E-state index contributed by atoms with van der Waals surface area (Å²) in [7, 11) is 0. The number of amides is 1. The van der Waals surface area contributed by atoms with E-state index in [-0.39, 0.29) is 16.4 Å². The van der Waals surface area contributed by atoms with Crippen molar-refractivity contribution in [3.63, 3.8) is 0 Å². The molecule has 7 heteroatoms. The van der Waals surface area contributed by atoms with E-state index in [4.69, 9.17) is 23.8 Å². The van der Waals surface area contributed by atoms with E-state index in [2.05, 4.69) is 37.5 Å². The standard InChI is InChI=1S/C22H24ClN3OS2/c1-12-5-7-15(17(23)9-12)19(27)25-21(28)26-20-16(11-24)14-8-6-13(22(2,3)4)10-18(14)29-20/h5,7,9,13H,6,8,10H2,1-4H3,(H2,25,26,27,28)/t13-/m1/s1. The Morgan fingerprint density at radius 1 is 1.38 bits per heavy atom. The van der Waals surface area contributed by atoms with Gasteiger partial charge in [-0.25, -0.2) is 0 Å². The molecule has 3 rings (SSSR count). The molecule has 29 heavy (non-hydrogen) atoms. The zero-order valence-electron chi connectivity index (χ0n) is 17.0. The van der Waals surface area contributed by atoms with Crippen molar-refractivity contribution in [2.24, 2.45) is 11.3 Å². The summed E-state index contributed by atoms with van der Waals surface area (Å²) < 4.78 is 0. The summed E-state index contributed by atoms with van der Waals surface area (Å²) >= 11 is 13.1. The number of fused-ring (bicyclic) bond motifs is 1. The fourth-order valence-corrected chi connectivity index (χ4v) is 5.50. The Bertz CT molecular complexity index is 1010. The minimum Gasteiger partial charge on any atom is -0.323 e. The van der Waals surface area contributed by atoms with Crippen molar-refractivity contribution < 1.29 is 4.79 Å². The first-order valence-corrected chi connectivity index (χ1v) is 11.1. The van der Waals surface area contributed by atoms with Crippen LogP contribution in [0.1, 0.15) is 59.1 Å². The van der Waals surface area contributed by atoms with Gasteiger partial charge in [-0.15, -0.1) is 11.3 Å². The van der Waals surface area contributed by atoms with Gasteiger partial charge < -0.3 is 5.32 Å². The minimum absolute atomic E-state index is 0.161. The Labute approximate surface area is 186 Å². The van der Waals surface area contributed by atoms with Gasteiger partial charge in [0.2, 0.25) is 0 Å². The van der Waals surface area contributed by atoms with Gasteiger partial charge in [-0.05, 0) is 73.0 Å². The summed E-state index contributed by atoms with van der Waals surface area (Å²) in [6.45, 7) is 8.70. The lowest BCUT2D eigenvalue weighted by Gasteiger charge is -2.33. The van der Waals surface area contributed by atoms with E-state index < -0.39 is 0 Å². The van der Waals surface area contributed by atoms with Crippen LogP contribution in [0.2, 0.25) is 5.02 Å². The number of nitriles is 1. The number of aryl methyl sites for hydroxylation is 1. The highest BCUT2D eigenvalue weighted by molar-refractivity contribution is 7.80. The molecule has 1 heterocycles. The Morgan fingerprint density at radius 2 is 2.10 bits per heavy atom. The van der Waals surface area contributed by atoms with Gasteiger partial charge in [-0.2, -0.15) is 5.26 Å². The third-order valence-electron chi connectivity index (χ3n) is 5.43. The zero-order valence-corrected chi connectivity index (χ0v) is 19.4. The van der Waals surface area contributed by atoms with Crippen LogP contribution in [0.25, 0.3) is 0 Å². The van der Waals surface area contributed by atoms with E-state index in [1.165, 1.54) is 4.88 Å². The zero-order chi connectivity index (χ0) is 21.3. The molecule has 1 aliphatic carbocycles. The van der Waals surface area contributed by atoms with Gasteiger partial charge in [0.15, 0.2) is 5.11 Å². The fourth-order valence-electron chi connectivity index (χ4n) is 3.64. The van der Waals surface area contributed by atoms with Crippen molar-refractivity contribution in [3.05, 3.63) is 50.4 Å². The summed E-state index contributed by atoms with van der Waals surface area (Å²) in [6.07, 6.45) is 2.95. The predicted octanol–water partition coefficient (Wildman–Crippen LogP) is 5.86. The maximum Gasteiger partial charge on any atom is 0.258 e. The minimum atomic E-state index is -0.375. The SMILES string of the molecule is Cc1ccc(C(=O)NC(=S)Nc2sc3c(c2C#N)CC[C@@H](C(C)(C)C)C3)c(Cl)c1. The van der Waals surface area contributed by atoms with Gasteiger partial charge in [-0.1, -0.05) is 38.4 Å². The van der Waals surface area contributed by atoms with Gasteiger partial charge in [0, 0.05) is 4.88 Å². The van der Waals surface area contributed by atoms with Crippen LogP contribution in [0.15, 0.2) is 18.2 Å². The first kappa shape index (κ1) is 21.8. The van der Waals surface area contributed by atoms with Crippen LogP contribution in [-0.2, 0) is 12.8 Å². The van der Waals surface area contributed by atoms with E-state index in [1.807, 2.05) is 13.0 Å². The topological polar surface area (TPSA) is 64.9 Å². The third-order valence-corrected chi connectivity index (χ3v) is 7.11. The highest BCUT2D eigenvalue weighted by atomic mass is 35.5. The smallest absolute Gasteiger partial charge is 0.258 e. The molecule has 1 aromatic heterocycles. The molecule has 2 N–H and O–H groups in total. The molecule has 0 unspecified atom stereocenters. The second-order valence-electron chi connectivity index (χ2n) is 8.52. The maximum atomic E-state index is 12.5. The number of nitrogens with zero attached hydrogens (tertiary/aromatic N) is 1. The van der Waals surface area contributed by atoms with Crippen molar-refractivity contribution >= 4 is 51.2 Å². The van der Waals surface area contributed by atoms with Crippen LogP contribution in [0, 0.1) is 29.6 Å². The molecule has 2 aromatic rings. The Morgan fingerprint density at radius 3 is 2.72 bits per heavy atom. The van der Waals surface area contributed by atoms with Gasteiger partial charge >= 0.3 is 0 Å². The number of hydrogen-bond donors (Lipinski definition) is 2. The Kier molecular flexibility index (Phi) is 6.33. The molecular weight excluding hydrogens is 422 g/mol. The Balaban J connectivity index is 1.75. The predicted molar refractivity (Wildman–Crippen MR) is 124 cm³/mol. The molecule has 0 spiro atoms. The lowest BCUT2D eigenvalue weighted by molar-refractivity contribution is 0.0978. The van der Waals surface area contributed by atoms with Crippen LogP contribution >= 0.6 is 35.2 Å². The molecule has 1 aliphatic rings. The van der Waals surface area contributed by atoms with E-state index in [1.54, 1.807) is 23.5 Å². The van der Waals surface area contributed by atoms with Crippen molar-refractivity contribution in [2.75, 3.05) is 5.32 Å². The summed E-state index contributed by atoms with van der Waals surface area (Å²) in [5, 5.41) is 16.7. The molecule has 0 aliphatic heterocycles. The summed E-state index contributed by atoms with van der Waals surface area (Å²) in [5.74, 6) is 0.212. The van der Waals surface area contributed by atoms with E-state index in [0.29, 0.717) is 27.1 Å². The number of thiophene rings is 1. The maximum absolute atomic E-state index is 12.5. The normalized spacial score (nSPS) is 15.9. The number of hydrogen-bond acceptors (Lipinski definition) is 4. The molecule has 0 saturated carbocycles. The average Bonchev–Trinajstić information content (AvgIpc) is 2.96. The van der Waals surface area contributed by atoms with Crippen LogP contribution in [0.5, 0.6) is 0 Å². The van der Waals surface area contributed by atoms with Crippen LogP contribution in [0.4, 0.5) is 5.00 Å². The van der Waals surface area contributed by atoms with Gasteiger partial charge in [0.1, 0.15) is 11.1 Å². The van der Waals surface area contributed by atoms with Crippen LogP contribution in [-0.4, -0.2) is 11.0 Å². The van der Waals surface area contributed by atoms with Crippen LogP contribution in [0.3, 0.4) is 0 Å². The summed E-state index contributed by atoms with van der Waals surface area (Å²) in [4.78, 5) is 13.7. The summed E-state index contributed by atoms with van der Waals surface area (Å²) in [5.41, 5.74) is 3.33. The largest absolute Gasteiger partial charge is 0.323 e. The van der Waals surface area contributed by atoms with Gasteiger partial charge in [0.25, 0.3) is 5.91 Å². The molecule has 152 valence electrons. The number of halogens is 1. The number of carbonyl (C=O) groups excluding carboxylic acids is 1. The number of benzene rings is 1. The Hall–Kier alpha value is -1.94. The molecule has 1 aromatic carbocycles. The highest BCUT2D eigenvalue weighted by Gasteiger charge is 2.32. The number of anilines is 1. The van der Waals surface area contributed by atoms with E-state index in [0.717, 1.165) is 30.4 Å². The molecule has 4 nitrogen and oxygen atoms in total. The average molecular weight is 446 g/mol. The lowest BCUT2D eigenvalue weighted by atomic mass is 9.72. The number of rotatable bonds is 2. The number of nitrogens with one attached hydrogen (secondary N) is 2. The first-order chi connectivity index (χ1) is 13.6. The molecule has 0 saturated heterocycles. The molecule has 1 atom stereocenters.